The molecule has 0 amide bonds. The molecule has 20 heavy (non-hydrogen) atoms. The van der Waals surface area contributed by atoms with Crippen LogP contribution in [0.4, 0.5) is 11.6 Å². The Hall–Kier alpha value is -1.44. The topological polar surface area (TPSA) is 85.5 Å². The second kappa shape index (κ2) is 7.37. The van der Waals surface area contributed by atoms with Gasteiger partial charge in [-0.2, -0.15) is 0 Å². The van der Waals surface area contributed by atoms with Crippen LogP contribution in [0.15, 0.2) is 6.07 Å². The number of hydrogen-bond acceptors (Lipinski definition) is 7. The lowest BCUT2D eigenvalue weighted by molar-refractivity contribution is 0.0890. The second-order valence-corrected chi connectivity index (χ2v) is 4.76. The lowest BCUT2D eigenvalue weighted by Gasteiger charge is -2.33. The molecule has 2 heterocycles. The maximum absolute atomic E-state index is 5.47. The van der Waals surface area contributed by atoms with Gasteiger partial charge in [0.15, 0.2) is 5.82 Å². The van der Waals surface area contributed by atoms with E-state index in [0.29, 0.717) is 24.9 Å². The van der Waals surface area contributed by atoms with Gasteiger partial charge in [0.2, 0.25) is 0 Å². The first kappa shape index (κ1) is 15.0. The maximum atomic E-state index is 5.47. The van der Waals surface area contributed by atoms with Crippen LogP contribution in [-0.2, 0) is 16.1 Å². The van der Waals surface area contributed by atoms with Crippen molar-refractivity contribution in [2.75, 3.05) is 37.1 Å². The van der Waals surface area contributed by atoms with Crippen molar-refractivity contribution in [2.45, 2.75) is 32.5 Å². The van der Waals surface area contributed by atoms with Crippen molar-refractivity contribution in [2.24, 2.45) is 5.84 Å². The Labute approximate surface area is 119 Å². The molecule has 0 radical (unpaired) electrons. The summed E-state index contributed by atoms with van der Waals surface area (Å²) in [5, 5.41) is 0. The van der Waals surface area contributed by atoms with E-state index >= 15 is 0 Å². The Morgan fingerprint density at radius 3 is 3.05 bits per heavy atom. The first-order valence-electron chi connectivity index (χ1n) is 6.96. The molecule has 7 heteroatoms. The summed E-state index contributed by atoms with van der Waals surface area (Å²) >= 11 is 0. The zero-order chi connectivity index (χ0) is 14.4. The number of nitrogens with one attached hydrogen (secondary N) is 1. The lowest BCUT2D eigenvalue weighted by Crippen LogP contribution is -2.40. The zero-order valence-corrected chi connectivity index (χ0v) is 12.1. The largest absolute Gasteiger partial charge is 0.380 e. The van der Waals surface area contributed by atoms with Gasteiger partial charge in [-0.25, -0.2) is 15.8 Å². The molecule has 0 bridgehead atoms. The Balaban J connectivity index is 2.16. The van der Waals surface area contributed by atoms with E-state index < -0.39 is 0 Å². The minimum Gasteiger partial charge on any atom is -0.380 e. The number of hydrazine groups is 1. The number of hydrogen-bond donors (Lipinski definition) is 2. The van der Waals surface area contributed by atoms with Crippen LogP contribution in [0.3, 0.4) is 0 Å². The first-order valence-corrected chi connectivity index (χ1v) is 6.96. The number of ether oxygens (including phenoxy) is 2. The molecule has 1 aromatic heterocycles. The molecule has 112 valence electrons. The quantitative estimate of drug-likeness (QED) is 0.592. The van der Waals surface area contributed by atoms with Crippen LogP contribution in [0, 0.1) is 0 Å². The summed E-state index contributed by atoms with van der Waals surface area (Å²) in [6.07, 6.45) is 2.43. The number of aromatic nitrogens is 2. The van der Waals surface area contributed by atoms with Gasteiger partial charge in [-0.15, -0.1) is 0 Å². The summed E-state index contributed by atoms with van der Waals surface area (Å²) < 4.78 is 10.8. The van der Waals surface area contributed by atoms with Gasteiger partial charge in [0, 0.05) is 32.9 Å². The van der Waals surface area contributed by atoms with Crippen molar-refractivity contribution < 1.29 is 9.47 Å². The summed E-state index contributed by atoms with van der Waals surface area (Å²) in [7, 11) is 1.75. The molecule has 1 aromatic rings. The molecule has 3 N–H and O–H groups in total. The highest BCUT2D eigenvalue weighted by Gasteiger charge is 2.21. The van der Waals surface area contributed by atoms with E-state index in [1.54, 1.807) is 7.11 Å². The molecule has 2 rings (SSSR count). The number of nitrogen functional groups attached to an aromatic ring is 1. The molecular weight excluding hydrogens is 258 g/mol. The molecule has 0 spiro atoms. The van der Waals surface area contributed by atoms with Crippen molar-refractivity contribution in [1.82, 2.24) is 9.97 Å². The van der Waals surface area contributed by atoms with E-state index in [-0.39, 0.29) is 6.10 Å². The van der Waals surface area contributed by atoms with Gasteiger partial charge >= 0.3 is 0 Å². The molecule has 1 atom stereocenters. The van der Waals surface area contributed by atoms with Crippen molar-refractivity contribution in [1.29, 1.82) is 0 Å². The summed E-state index contributed by atoms with van der Waals surface area (Å²) in [6, 6.07) is 1.85. The third kappa shape index (κ3) is 3.78. The molecule has 1 aliphatic rings. The van der Waals surface area contributed by atoms with E-state index in [9.17, 15) is 0 Å². The summed E-state index contributed by atoms with van der Waals surface area (Å²) in [6.45, 7) is 4.77. The highest BCUT2D eigenvalue weighted by Crippen LogP contribution is 2.21. The Kier molecular flexibility index (Phi) is 5.51. The normalized spacial score (nSPS) is 19.1. The molecule has 1 saturated heterocycles. The smallest absolute Gasteiger partial charge is 0.158 e. The molecule has 1 fully saturated rings. The predicted octanol–water partition coefficient (Wildman–Crippen LogP) is 0.914. The van der Waals surface area contributed by atoms with Gasteiger partial charge in [0.1, 0.15) is 18.2 Å². The van der Waals surface area contributed by atoms with E-state index in [1.807, 2.05) is 13.0 Å². The fourth-order valence-corrected chi connectivity index (χ4v) is 2.32. The summed E-state index contributed by atoms with van der Waals surface area (Å²) in [4.78, 5) is 11.0. The molecule has 1 aliphatic heterocycles. The van der Waals surface area contributed by atoms with Gasteiger partial charge in [-0.3, -0.25) is 0 Å². The van der Waals surface area contributed by atoms with E-state index in [1.165, 1.54) is 0 Å². The van der Waals surface area contributed by atoms with Crippen LogP contribution < -0.4 is 16.2 Å². The Morgan fingerprint density at radius 2 is 2.35 bits per heavy atom. The van der Waals surface area contributed by atoms with Crippen LogP contribution in [-0.4, -0.2) is 42.9 Å². The van der Waals surface area contributed by atoms with E-state index in [0.717, 1.165) is 31.7 Å². The summed E-state index contributed by atoms with van der Waals surface area (Å²) in [5.41, 5.74) is 2.58. The fraction of sp³-hybridized carbons (Fsp3) is 0.692. The number of methoxy groups -OCH3 is 1. The number of rotatable bonds is 6. The van der Waals surface area contributed by atoms with Crippen molar-refractivity contribution in [3.05, 3.63) is 11.9 Å². The highest BCUT2D eigenvalue weighted by molar-refractivity contribution is 5.49. The van der Waals surface area contributed by atoms with E-state index in [2.05, 4.69) is 20.3 Å². The molecule has 0 aromatic carbocycles. The second-order valence-electron chi connectivity index (χ2n) is 4.76. The molecule has 7 nitrogen and oxygen atoms in total. The van der Waals surface area contributed by atoms with Gasteiger partial charge < -0.3 is 19.8 Å². The van der Waals surface area contributed by atoms with Crippen molar-refractivity contribution in [3.63, 3.8) is 0 Å². The lowest BCUT2D eigenvalue weighted by atomic mass is 10.1. The molecular formula is C13H23N5O2. The number of anilines is 2. The maximum Gasteiger partial charge on any atom is 0.158 e. The van der Waals surface area contributed by atoms with Crippen molar-refractivity contribution >= 4 is 11.6 Å². The van der Waals surface area contributed by atoms with Crippen LogP contribution >= 0.6 is 0 Å². The average Bonchev–Trinajstić information content (AvgIpc) is 2.52. The SMILES string of the molecule is CCOCc1nc(NN)cc(N2CCCC(OC)C2)n1. The number of nitrogens with zero attached hydrogens (tertiary/aromatic N) is 3. The molecule has 0 saturated carbocycles. The first-order chi connectivity index (χ1) is 9.76. The average molecular weight is 281 g/mol. The van der Waals surface area contributed by atoms with Gasteiger partial charge in [0.05, 0.1) is 6.10 Å². The highest BCUT2D eigenvalue weighted by atomic mass is 16.5. The van der Waals surface area contributed by atoms with Gasteiger partial charge in [-0.1, -0.05) is 0 Å². The third-order valence-corrected chi connectivity index (χ3v) is 3.38. The standard InChI is InChI=1S/C13H23N5O2/c1-3-20-9-12-15-11(17-14)7-13(16-12)18-6-4-5-10(8-18)19-2/h7,10H,3-6,8-9,14H2,1-2H3,(H,15,16,17). The predicted molar refractivity (Wildman–Crippen MR) is 77.4 cm³/mol. The monoisotopic (exact) mass is 281 g/mol. The molecule has 1 unspecified atom stereocenters. The summed E-state index contributed by atoms with van der Waals surface area (Å²) in [5.74, 6) is 7.58. The number of piperidine rings is 1. The number of nitrogens with two attached hydrogens (primary N) is 1. The van der Waals surface area contributed by atoms with Crippen LogP contribution in [0.1, 0.15) is 25.6 Å². The van der Waals surface area contributed by atoms with Gasteiger partial charge in [0.25, 0.3) is 0 Å². The van der Waals surface area contributed by atoms with Crippen LogP contribution in [0.5, 0.6) is 0 Å². The minimum atomic E-state index is 0.253. The van der Waals surface area contributed by atoms with E-state index in [4.69, 9.17) is 15.3 Å². The fourth-order valence-electron chi connectivity index (χ4n) is 2.32. The Morgan fingerprint density at radius 1 is 1.50 bits per heavy atom. The van der Waals surface area contributed by atoms with Crippen LogP contribution in [0.2, 0.25) is 0 Å². The third-order valence-electron chi connectivity index (χ3n) is 3.38. The molecule has 0 aliphatic carbocycles. The van der Waals surface area contributed by atoms with Gasteiger partial charge in [-0.05, 0) is 19.8 Å². The minimum absolute atomic E-state index is 0.253. The van der Waals surface area contributed by atoms with Crippen molar-refractivity contribution in [3.8, 4) is 0 Å². The zero-order valence-electron chi connectivity index (χ0n) is 12.1. The Bertz CT molecular complexity index is 429. The van der Waals surface area contributed by atoms with Crippen LogP contribution in [0.25, 0.3) is 0 Å².